The first kappa shape index (κ1) is 17.4. The van der Waals surface area contributed by atoms with Gasteiger partial charge in [-0.05, 0) is 45.4 Å². The SMILES string of the molecule is CCOC(=O)/C=C/C1CCCC1C(C(C)=O)C(=O)OCC. The zero-order valence-electron chi connectivity index (χ0n) is 13.0. The van der Waals surface area contributed by atoms with Crippen LogP contribution in [0, 0.1) is 17.8 Å². The monoisotopic (exact) mass is 296 g/mol. The van der Waals surface area contributed by atoms with Crippen molar-refractivity contribution in [3.05, 3.63) is 12.2 Å². The molecule has 1 rings (SSSR count). The molecule has 3 unspecified atom stereocenters. The fraction of sp³-hybridized carbons (Fsp3) is 0.688. The van der Waals surface area contributed by atoms with Gasteiger partial charge in [-0.2, -0.15) is 0 Å². The number of hydrogen-bond acceptors (Lipinski definition) is 5. The first-order chi connectivity index (χ1) is 10.0. The van der Waals surface area contributed by atoms with Gasteiger partial charge >= 0.3 is 11.9 Å². The molecular formula is C16H24O5. The second-order valence-electron chi connectivity index (χ2n) is 5.21. The Hall–Kier alpha value is -1.65. The summed E-state index contributed by atoms with van der Waals surface area (Å²) in [6.45, 7) is 5.49. The van der Waals surface area contributed by atoms with Crippen LogP contribution < -0.4 is 0 Å². The Morgan fingerprint density at radius 1 is 1.14 bits per heavy atom. The Labute approximate surface area is 125 Å². The minimum Gasteiger partial charge on any atom is -0.465 e. The van der Waals surface area contributed by atoms with Crippen molar-refractivity contribution < 1.29 is 23.9 Å². The number of ketones is 1. The number of esters is 2. The summed E-state index contributed by atoms with van der Waals surface area (Å²) in [6.07, 6.45) is 5.76. The third-order valence-corrected chi connectivity index (χ3v) is 3.80. The number of rotatable bonds is 7. The van der Waals surface area contributed by atoms with Crippen molar-refractivity contribution in [3.63, 3.8) is 0 Å². The van der Waals surface area contributed by atoms with Crippen LogP contribution >= 0.6 is 0 Å². The average molecular weight is 296 g/mol. The van der Waals surface area contributed by atoms with E-state index in [9.17, 15) is 14.4 Å². The molecule has 1 saturated carbocycles. The van der Waals surface area contributed by atoms with Gasteiger partial charge in [0.25, 0.3) is 0 Å². The number of allylic oxidation sites excluding steroid dienone is 1. The molecule has 21 heavy (non-hydrogen) atoms. The number of carbonyl (C=O) groups excluding carboxylic acids is 3. The Balaban J connectivity index is 2.80. The average Bonchev–Trinajstić information content (AvgIpc) is 2.85. The number of hydrogen-bond donors (Lipinski definition) is 0. The van der Waals surface area contributed by atoms with Gasteiger partial charge in [-0.3, -0.25) is 9.59 Å². The molecule has 0 amide bonds. The fourth-order valence-electron chi connectivity index (χ4n) is 2.94. The van der Waals surface area contributed by atoms with E-state index >= 15 is 0 Å². The normalized spacial score (nSPS) is 23.0. The zero-order chi connectivity index (χ0) is 15.8. The van der Waals surface area contributed by atoms with Crippen molar-refractivity contribution in [2.24, 2.45) is 17.8 Å². The van der Waals surface area contributed by atoms with Crippen LogP contribution in [0.25, 0.3) is 0 Å². The van der Waals surface area contributed by atoms with Crippen molar-refractivity contribution in [2.45, 2.75) is 40.0 Å². The summed E-state index contributed by atoms with van der Waals surface area (Å²) >= 11 is 0. The van der Waals surface area contributed by atoms with Gasteiger partial charge < -0.3 is 9.47 Å². The van der Waals surface area contributed by atoms with Crippen molar-refractivity contribution in [1.29, 1.82) is 0 Å². The number of ether oxygens (including phenoxy) is 2. The number of Topliss-reactive ketones (excluding diaryl/α,β-unsaturated/α-hetero) is 1. The smallest absolute Gasteiger partial charge is 0.330 e. The van der Waals surface area contributed by atoms with Crippen LogP contribution in [0.4, 0.5) is 0 Å². The lowest BCUT2D eigenvalue weighted by Crippen LogP contribution is -2.33. The molecule has 0 aromatic rings. The van der Waals surface area contributed by atoms with E-state index in [-0.39, 0.29) is 24.2 Å². The summed E-state index contributed by atoms with van der Waals surface area (Å²) in [5.74, 6) is -1.80. The topological polar surface area (TPSA) is 69.7 Å². The lowest BCUT2D eigenvalue weighted by atomic mass is 9.81. The molecular weight excluding hydrogens is 272 g/mol. The summed E-state index contributed by atoms with van der Waals surface area (Å²) in [4.78, 5) is 35.2. The van der Waals surface area contributed by atoms with E-state index in [1.165, 1.54) is 13.0 Å². The van der Waals surface area contributed by atoms with Crippen molar-refractivity contribution >= 4 is 17.7 Å². The second-order valence-corrected chi connectivity index (χ2v) is 5.21. The van der Waals surface area contributed by atoms with Crippen molar-refractivity contribution in [3.8, 4) is 0 Å². The maximum Gasteiger partial charge on any atom is 0.330 e. The molecule has 5 nitrogen and oxygen atoms in total. The van der Waals surface area contributed by atoms with Gasteiger partial charge in [0.2, 0.25) is 0 Å². The molecule has 0 radical (unpaired) electrons. The molecule has 0 aromatic carbocycles. The highest BCUT2D eigenvalue weighted by molar-refractivity contribution is 5.98. The predicted molar refractivity (Wildman–Crippen MR) is 77.4 cm³/mol. The summed E-state index contributed by atoms with van der Waals surface area (Å²) in [7, 11) is 0. The van der Waals surface area contributed by atoms with Crippen molar-refractivity contribution in [1.82, 2.24) is 0 Å². The van der Waals surface area contributed by atoms with E-state index in [4.69, 9.17) is 9.47 Å². The molecule has 1 aliphatic rings. The van der Waals surface area contributed by atoms with Gasteiger partial charge in [-0.25, -0.2) is 4.79 Å². The summed E-state index contributed by atoms with van der Waals surface area (Å²) in [5, 5.41) is 0. The lowest BCUT2D eigenvalue weighted by Gasteiger charge is -2.23. The third-order valence-electron chi connectivity index (χ3n) is 3.80. The molecule has 1 aliphatic carbocycles. The second kappa shape index (κ2) is 8.60. The molecule has 3 atom stereocenters. The van der Waals surface area contributed by atoms with Gasteiger partial charge in [-0.1, -0.05) is 12.5 Å². The zero-order valence-corrected chi connectivity index (χ0v) is 13.0. The molecule has 0 heterocycles. The Bertz CT molecular complexity index is 413. The Morgan fingerprint density at radius 3 is 2.38 bits per heavy atom. The van der Waals surface area contributed by atoms with Gasteiger partial charge in [-0.15, -0.1) is 0 Å². The molecule has 0 bridgehead atoms. The molecule has 5 heteroatoms. The molecule has 0 spiro atoms. The van der Waals surface area contributed by atoms with Crippen LogP contribution in [0.3, 0.4) is 0 Å². The Kier molecular flexibility index (Phi) is 7.12. The maximum absolute atomic E-state index is 12.0. The summed E-state index contributed by atoms with van der Waals surface area (Å²) in [6, 6.07) is 0. The number of carbonyl (C=O) groups is 3. The minimum atomic E-state index is -0.732. The van der Waals surface area contributed by atoms with Gasteiger partial charge in [0.05, 0.1) is 13.2 Å². The van der Waals surface area contributed by atoms with Gasteiger partial charge in [0, 0.05) is 6.08 Å². The van der Waals surface area contributed by atoms with Crippen LogP contribution in [-0.4, -0.2) is 30.9 Å². The van der Waals surface area contributed by atoms with Gasteiger partial charge in [0.1, 0.15) is 11.7 Å². The van der Waals surface area contributed by atoms with Crippen LogP contribution in [0.15, 0.2) is 12.2 Å². The van der Waals surface area contributed by atoms with Crippen LogP contribution in [0.5, 0.6) is 0 Å². The van der Waals surface area contributed by atoms with Crippen molar-refractivity contribution in [2.75, 3.05) is 13.2 Å². The quantitative estimate of drug-likeness (QED) is 0.409. The van der Waals surface area contributed by atoms with E-state index in [1.807, 2.05) is 0 Å². The maximum atomic E-state index is 12.0. The van der Waals surface area contributed by atoms with Gasteiger partial charge in [0.15, 0.2) is 0 Å². The predicted octanol–water partition coefficient (Wildman–Crippen LogP) is 2.29. The summed E-state index contributed by atoms with van der Waals surface area (Å²) < 4.78 is 9.86. The highest BCUT2D eigenvalue weighted by Gasteiger charge is 2.40. The molecule has 0 aliphatic heterocycles. The molecule has 0 aromatic heterocycles. The van der Waals surface area contributed by atoms with E-state index < -0.39 is 17.9 Å². The minimum absolute atomic E-state index is 0.0349. The standard InChI is InChI=1S/C16H24O5/c1-4-20-14(18)10-9-12-7-6-8-13(12)15(11(3)17)16(19)21-5-2/h9-10,12-13,15H,4-8H2,1-3H3/b10-9+. The van der Waals surface area contributed by atoms with E-state index in [1.54, 1.807) is 19.9 Å². The van der Waals surface area contributed by atoms with E-state index in [2.05, 4.69) is 0 Å². The molecule has 0 N–H and O–H groups in total. The Morgan fingerprint density at radius 2 is 1.81 bits per heavy atom. The highest BCUT2D eigenvalue weighted by Crippen LogP contribution is 2.39. The fourth-order valence-corrected chi connectivity index (χ4v) is 2.94. The van der Waals surface area contributed by atoms with Crippen LogP contribution in [0.1, 0.15) is 40.0 Å². The first-order valence-electron chi connectivity index (χ1n) is 7.53. The summed E-state index contributed by atoms with van der Waals surface area (Å²) in [5.41, 5.74) is 0. The van der Waals surface area contributed by atoms with E-state index in [0.29, 0.717) is 6.61 Å². The molecule has 118 valence electrons. The molecule has 0 saturated heterocycles. The van der Waals surface area contributed by atoms with Crippen LogP contribution in [-0.2, 0) is 23.9 Å². The molecule has 1 fully saturated rings. The highest BCUT2D eigenvalue weighted by atomic mass is 16.5. The van der Waals surface area contributed by atoms with E-state index in [0.717, 1.165) is 19.3 Å². The van der Waals surface area contributed by atoms with Crippen LogP contribution in [0.2, 0.25) is 0 Å². The lowest BCUT2D eigenvalue weighted by molar-refractivity contribution is -0.153. The first-order valence-corrected chi connectivity index (χ1v) is 7.53. The largest absolute Gasteiger partial charge is 0.465 e. The third kappa shape index (κ3) is 4.99.